The summed E-state index contributed by atoms with van der Waals surface area (Å²) in [5, 5.41) is 11.4. The Labute approximate surface area is 161 Å². The van der Waals surface area contributed by atoms with Gasteiger partial charge in [-0.1, -0.05) is 42.3 Å². The van der Waals surface area contributed by atoms with Crippen molar-refractivity contribution < 1.29 is 0 Å². The van der Waals surface area contributed by atoms with Gasteiger partial charge in [0.25, 0.3) is 5.56 Å². The molecule has 4 nitrogen and oxygen atoms in total. The summed E-state index contributed by atoms with van der Waals surface area (Å²) in [7, 11) is 0. The molecular formula is C20H17Cl2N3O. The fourth-order valence-corrected chi connectivity index (χ4v) is 3.59. The van der Waals surface area contributed by atoms with E-state index in [1.807, 2.05) is 38.1 Å². The minimum Gasteiger partial charge on any atom is -0.322 e. The highest BCUT2D eigenvalue weighted by Crippen LogP contribution is 2.31. The Balaban J connectivity index is 2.06. The maximum absolute atomic E-state index is 12.1. The Bertz CT molecular complexity index is 1060. The Kier molecular flexibility index (Phi) is 5.04. The van der Waals surface area contributed by atoms with Crippen LogP contribution in [-0.2, 0) is 18.3 Å². The fourth-order valence-electron chi connectivity index (χ4n) is 3.08. The van der Waals surface area contributed by atoms with Crippen LogP contribution < -0.4 is 5.56 Å². The quantitative estimate of drug-likeness (QED) is 0.654. The number of hydrogen-bond donors (Lipinski definition) is 1. The van der Waals surface area contributed by atoms with E-state index in [2.05, 4.69) is 16.0 Å². The van der Waals surface area contributed by atoms with Crippen LogP contribution in [0, 0.1) is 11.3 Å². The van der Waals surface area contributed by atoms with Crippen LogP contribution in [0.1, 0.15) is 30.5 Å². The van der Waals surface area contributed by atoms with Crippen molar-refractivity contribution in [3.05, 3.63) is 73.7 Å². The molecule has 1 unspecified atom stereocenters. The van der Waals surface area contributed by atoms with Gasteiger partial charge in [0.15, 0.2) is 0 Å². The number of nitriles is 1. The largest absolute Gasteiger partial charge is 0.322 e. The molecule has 1 N–H and O–H groups in total. The van der Waals surface area contributed by atoms with Crippen LogP contribution in [0.25, 0.3) is 10.9 Å². The summed E-state index contributed by atoms with van der Waals surface area (Å²) in [5.41, 5.74) is 2.21. The van der Waals surface area contributed by atoms with Gasteiger partial charge in [-0.25, -0.2) is 4.98 Å². The van der Waals surface area contributed by atoms with Crippen LogP contribution in [0.2, 0.25) is 10.3 Å². The lowest BCUT2D eigenvalue weighted by Crippen LogP contribution is -2.23. The molecule has 0 aliphatic carbocycles. The third-order valence-electron chi connectivity index (χ3n) is 4.57. The lowest BCUT2D eigenvalue weighted by atomic mass is 9.78. The number of nitrogens with one attached hydrogen (secondary N) is 1. The first-order valence-corrected chi connectivity index (χ1v) is 9.00. The van der Waals surface area contributed by atoms with Crippen LogP contribution in [-0.4, -0.2) is 9.97 Å². The van der Waals surface area contributed by atoms with Gasteiger partial charge in [-0.15, -0.1) is 0 Å². The number of aromatic amines is 1. The molecule has 3 rings (SSSR count). The Hall–Kier alpha value is -2.35. The number of benzene rings is 1. The number of H-pyrrole nitrogens is 1. The van der Waals surface area contributed by atoms with E-state index in [0.717, 1.165) is 27.6 Å². The van der Waals surface area contributed by atoms with Crippen molar-refractivity contribution in [3.63, 3.8) is 0 Å². The molecule has 3 aromatic rings. The number of nitrogens with zero attached hydrogens (tertiary/aromatic N) is 2. The predicted octanol–water partition coefficient (Wildman–Crippen LogP) is 4.82. The van der Waals surface area contributed by atoms with E-state index in [1.54, 1.807) is 12.1 Å². The lowest BCUT2D eigenvalue weighted by Gasteiger charge is -2.23. The van der Waals surface area contributed by atoms with Gasteiger partial charge in [-0.05, 0) is 60.5 Å². The van der Waals surface area contributed by atoms with E-state index in [0.29, 0.717) is 23.1 Å². The van der Waals surface area contributed by atoms with Gasteiger partial charge in [0, 0.05) is 11.1 Å². The highest BCUT2D eigenvalue weighted by molar-refractivity contribution is 6.32. The van der Waals surface area contributed by atoms with Crippen molar-refractivity contribution in [2.45, 2.75) is 32.1 Å². The third-order valence-corrected chi connectivity index (χ3v) is 4.96. The normalized spacial score (nSPS) is 13.3. The average Bonchev–Trinajstić information content (AvgIpc) is 2.59. The van der Waals surface area contributed by atoms with Crippen LogP contribution in [0.3, 0.4) is 0 Å². The molecule has 26 heavy (non-hydrogen) atoms. The first-order valence-electron chi connectivity index (χ1n) is 8.24. The van der Waals surface area contributed by atoms with Crippen LogP contribution in [0.15, 0.2) is 41.2 Å². The molecule has 132 valence electrons. The summed E-state index contributed by atoms with van der Waals surface area (Å²) >= 11 is 11.9. The van der Waals surface area contributed by atoms with E-state index in [9.17, 15) is 10.1 Å². The number of halogens is 2. The Morgan fingerprint density at radius 2 is 1.88 bits per heavy atom. The second-order valence-electron chi connectivity index (χ2n) is 6.52. The summed E-state index contributed by atoms with van der Waals surface area (Å²) in [4.78, 5) is 19.0. The molecule has 0 amide bonds. The minimum absolute atomic E-state index is 0.0940. The summed E-state index contributed by atoms with van der Waals surface area (Å²) < 4.78 is 0. The summed E-state index contributed by atoms with van der Waals surface area (Å²) in [6.07, 6.45) is 1.10. The van der Waals surface area contributed by atoms with E-state index in [4.69, 9.17) is 23.2 Å². The van der Waals surface area contributed by atoms with Gasteiger partial charge in [-0.2, -0.15) is 5.26 Å². The molecule has 0 fully saturated rings. The summed E-state index contributed by atoms with van der Waals surface area (Å²) in [6.45, 7) is 3.80. The van der Waals surface area contributed by atoms with Gasteiger partial charge in [0.2, 0.25) is 0 Å². The number of rotatable bonds is 4. The third kappa shape index (κ3) is 3.60. The standard InChI is InChI=1S/C20H17Cl2N3O/c1-3-13-8-14-4-5-15(9-16(14)24-19(13)26)20(2,11-23)10-12-6-17(21)25-18(22)7-12/h4-9H,3,10H2,1-2H3,(H,24,26). The van der Waals surface area contributed by atoms with Crippen molar-refractivity contribution in [1.29, 1.82) is 5.26 Å². The zero-order valence-electron chi connectivity index (χ0n) is 14.4. The number of pyridine rings is 2. The molecule has 0 spiro atoms. The average molecular weight is 386 g/mol. The Morgan fingerprint density at radius 1 is 1.19 bits per heavy atom. The molecule has 0 saturated heterocycles. The van der Waals surface area contributed by atoms with E-state index < -0.39 is 5.41 Å². The van der Waals surface area contributed by atoms with Crippen molar-refractivity contribution in [2.75, 3.05) is 0 Å². The number of aromatic nitrogens is 2. The fraction of sp³-hybridized carbons (Fsp3) is 0.250. The highest BCUT2D eigenvalue weighted by Gasteiger charge is 2.28. The SMILES string of the molecule is CCc1cc2ccc(C(C)(C#N)Cc3cc(Cl)nc(Cl)c3)cc2[nH]c1=O. The van der Waals surface area contributed by atoms with Gasteiger partial charge < -0.3 is 4.98 Å². The zero-order valence-corrected chi connectivity index (χ0v) is 15.9. The molecule has 0 saturated carbocycles. The molecule has 2 aromatic heterocycles. The van der Waals surface area contributed by atoms with Gasteiger partial charge in [-0.3, -0.25) is 4.79 Å². The molecule has 0 radical (unpaired) electrons. The van der Waals surface area contributed by atoms with Crippen molar-refractivity contribution in [2.24, 2.45) is 0 Å². The molecule has 0 aliphatic heterocycles. The highest BCUT2D eigenvalue weighted by atomic mass is 35.5. The minimum atomic E-state index is -0.803. The van der Waals surface area contributed by atoms with Crippen LogP contribution in [0.5, 0.6) is 0 Å². The van der Waals surface area contributed by atoms with Crippen molar-refractivity contribution in [3.8, 4) is 6.07 Å². The molecule has 0 aliphatic rings. The van der Waals surface area contributed by atoms with Crippen LogP contribution >= 0.6 is 23.2 Å². The molecule has 1 atom stereocenters. The first-order chi connectivity index (χ1) is 12.3. The second kappa shape index (κ2) is 7.11. The van der Waals surface area contributed by atoms with Crippen molar-refractivity contribution >= 4 is 34.1 Å². The molecule has 0 bridgehead atoms. The first kappa shape index (κ1) is 18.4. The summed E-state index contributed by atoms with van der Waals surface area (Å²) in [6, 6.07) is 13.4. The summed E-state index contributed by atoms with van der Waals surface area (Å²) in [5.74, 6) is 0. The molecule has 1 aromatic carbocycles. The smallest absolute Gasteiger partial charge is 0.251 e. The number of aryl methyl sites for hydroxylation is 1. The molecule has 6 heteroatoms. The maximum atomic E-state index is 12.1. The monoisotopic (exact) mass is 385 g/mol. The molecular weight excluding hydrogens is 369 g/mol. The maximum Gasteiger partial charge on any atom is 0.251 e. The van der Waals surface area contributed by atoms with Gasteiger partial charge >= 0.3 is 0 Å². The predicted molar refractivity (Wildman–Crippen MR) is 105 cm³/mol. The lowest BCUT2D eigenvalue weighted by molar-refractivity contribution is 0.607. The number of fused-ring (bicyclic) bond motifs is 1. The molecule has 2 heterocycles. The van der Waals surface area contributed by atoms with Gasteiger partial charge in [0.05, 0.1) is 11.5 Å². The van der Waals surface area contributed by atoms with E-state index in [-0.39, 0.29) is 5.56 Å². The number of hydrogen-bond acceptors (Lipinski definition) is 3. The second-order valence-corrected chi connectivity index (χ2v) is 7.30. The van der Waals surface area contributed by atoms with E-state index in [1.165, 1.54) is 0 Å². The van der Waals surface area contributed by atoms with Gasteiger partial charge in [0.1, 0.15) is 10.3 Å². The van der Waals surface area contributed by atoms with Crippen molar-refractivity contribution in [1.82, 2.24) is 9.97 Å². The van der Waals surface area contributed by atoms with E-state index >= 15 is 0 Å². The zero-order chi connectivity index (χ0) is 18.9. The topological polar surface area (TPSA) is 69.5 Å². The Morgan fingerprint density at radius 3 is 2.50 bits per heavy atom. The van der Waals surface area contributed by atoms with Crippen LogP contribution in [0.4, 0.5) is 0 Å².